The Morgan fingerprint density at radius 1 is 1.19 bits per heavy atom. The van der Waals surface area contributed by atoms with Gasteiger partial charge in [-0.05, 0) is 24.3 Å². The lowest BCUT2D eigenvalue weighted by Crippen LogP contribution is -2.41. The Labute approximate surface area is 194 Å². The molecule has 2 aromatic carbocycles. The van der Waals surface area contributed by atoms with Crippen LogP contribution >= 0.6 is 23.4 Å². The van der Waals surface area contributed by atoms with Gasteiger partial charge in [0.05, 0.1) is 38.3 Å². The first-order valence-corrected chi connectivity index (χ1v) is 10.6. The summed E-state index contributed by atoms with van der Waals surface area (Å²) < 4.78 is 15.9. The number of thioether (sulfide) groups is 1. The summed E-state index contributed by atoms with van der Waals surface area (Å²) in [6, 6.07) is 10.3. The molecule has 1 fully saturated rings. The van der Waals surface area contributed by atoms with E-state index in [0.717, 1.165) is 11.8 Å². The molecule has 1 atom stereocenters. The molecular formula is C21H21ClN4O5S. The van der Waals surface area contributed by atoms with Crippen LogP contribution in [0.5, 0.6) is 17.2 Å². The molecule has 0 bridgehead atoms. The van der Waals surface area contributed by atoms with Crippen molar-refractivity contribution in [3.63, 3.8) is 0 Å². The molecule has 32 heavy (non-hydrogen) atoms. The molecule has 9 nitrogen and oxygen atoms in total. The van der Waals surface area contributed by atoms with E-state index in [1.807, 2.05) is 0 Å². The topological polar surface area (TPSA) is 111 Å². The predicted molar refractivity (Wildman–Crippen MR) is 125 cm³/mol. The van der Waals surface area contributed by atoms with E-state index in [9.17, 15) is 9.59 Å². The van der Waals surface area contributed by atoms with Gasteiger partial charge in [-0.15, -0.1) is 5.10 Å². The summed E-state index contributed by atoms with van der Waals surface area (Å²) in [6.45, 7) is 0. The van der Waals surface area contributed by atoms with Crippen molar-refractivity contribution >= 4 is 52.2 Å². The molecule has 1 aliphatic rings. The van der Waals surface area contributed by atoms with Crippen molar-refractivity contribution in [2.24, 2.45) is 10.2 Å². The van der Waals surface area contributed by atoms with Crippen molar-refractivity contribution in [2.75, 3.05) is 26.6 Å². The van der Waals surface area contributed by atoms with Gasteiger partial charge >= 0.3 is 0 Å². The normalized spacial score (nSPS) is 17.2. The zero-order valence-corrected chi connectivity index (χ0v) is 19.1. The molecule has 2 amide bonds. The second-order valence-electron chi connectivity index (χ2n) is 6.44. The highest BCUT2D eigenvalue weighted by Crippen LogP contribution is 2.37. The number of methoxy groups -OCH3 is 3. The number of anilines is 1. The molecule has 3 rings (SSSR count). The lowest BCUT2D eigenvalue weighted by molar-refractivity contribution is -0.123. The van der Waals surface area contributed by atoms with Gasteiger partial charge in [0, 0.05) is 12.0 Å². The fraction of sp³-hybridized carbons (Fsp3) is 0.238. The number of hydrogen-bond donors (Lipinski definition) is 2. The van der Waals surface area contributed by atoms with Crippen molar-refractivity contribution in [1.29, 1.82) is 0 Å². The van der Waals surface area contributed by atoms with Gasteiger partial charge in [-0.3, -0.25) is 9.59 Å². The number of amides is 2. The third-order valence-electron chi connectivity index (χ3n) is 4.34. The number of carbonyl (C=O) groups is 2. The van der Waals surface area contributed by atoms with Gasteiger partial charge in [-0.1, -0.05) is 35.5 Å². The van der Waals surface area contributed by atoms with Gasteiger partial charge in [0.25, 0.3) is 0 Å². The number of rotatable bonds is 7. The Hall–Kier alpha value is -3.24. The molecule has 0 spiro atoms. The van der Waals surface area contributed by atoms with E-state index >= 15 is 0 Å². The van der Waals surface area contributed by atoms with Crippen LogP contribution in [0.1, 0.15) is 12.0 Å². The summed E-state index contributed by atoms with van der Waals surface area (Å²) in [4.78, 5) is 24.7. The number of benzene rings is 2. The molecule has 0 radical (unpaired) electrons. The molecular weight excluding hydrogens is 456 g/mol. The van der Waals surface area contributed by atoms with E-state index in [4.69, 9.17) is 25.8 Å². The van der Waals surface area contributed by atoms with Gasteiger partial charge in [-0.2, -0.15) is 5.10 Å². The molecule has 11 heteroatoms. The van der Waals surface area contributed by atoms with Gasteiger partial charge in [0.2, 0.25) is 17.6 Å². The molecule has 0 aromatic heterocycles. The molecule has 2 N–H and O–H groups in total. The van der Waals surface area contributed by atoms with E-state index in [1.54, 1.807) is 36.4 Å². The molecule has 0 unspecified atom stereocenters. The Balaban J connectivity index is 1.73. The quantitative estimate of drug-likeness (QED) is 0.468. The van der Waals surface area contributed by atoms with Crippen LogP contribution in [0.2, 0.25) is 5.02 Å². The van der Waals surface area contributed by atoms with E-state index in [-0.39, 0.29) is 23.4 Å². The number of carbonyl (C=O) groups excluding carboxylic acids is 2. The smallest absolute Gasteiger partial charge is 0.238 e. The van der Waals surface area contributed by atoms with Crippen LogP contribution < -0.4 is 24.8 Å². The average Bonchev–Trinajstić information content (AvgIpc) is 2.79. The maximum absolute atomic E-state index is 12.6. The van der Waals surface area contributed by atoms with Crippen LogP contribution in [-0.2, 0) is 9.59 Å². The highest BCUT2D eigenvalue weighted by atomic mass is 35.5. The fourth-order valence-electron chi connectivity index (χ4n) is 2.84. The van der Waals surface area contributed by atoms with E-state index < -0.39 is 5.25 Å². The molecule has 1 saturated heterocycles. The molecule has 1 aliphatic heterocycles. The molecule has 0 saturated carbocycles. The van der Waals surface area contributed by atoms with Crippen LogP contribution in [0.25, 0.3) is 0 Å². The van der Waals surface area contributed by atoms with Crippen molar-refractivity contribution in [2.45, 2.75) is 11.7 Å². The Kier molecular flexibility index (Phi) is 7.96. The highest BCUT2D eigenvalue weighted by Gasteiger charge is 2.30. The SMILES string of the molecule is COc1cc(/C=N\N=C2NC(=O)C[C@H](C(=O)Nc3ccccc3Cl)S2)cc(OC)c1OC. The first-order valence-electron chi connectivity index (χ1n) is 9.38. The van der Waals surface area contributed by atoms with Crippen molar-refractivity contribution in [3.05, 3.63) is 47.0 Å². The summed E-state index contributed by atoms with van der Waals surface area (Å²) >= 11 is 7.19. The van der Waals surface area contributed by atoms with E-state index in [1.165, 1.54) is 27.5 Å². The van der Waals surface area contributed by atoms with Crippen LogP contribution in [0.4, 0.5) is 5.69 Å². The third kappa shape index (κ3) is 5.71. The summed E-state index contributed by atoms with van der Waals surface area (Å²) in [7, 11) is 4.54. The van der Waals surface area contributed by atoms with Crippen LogP contribution in [-0.4, -0.2) is 49.8 Å². The van der Waals surface area contributed by atoms with Gasteiger partial charge in [-0.25, -0.2) is 0 Å². The van der Waals surface area contributed by atoms with E-state index in [2.05, 4.69) is 20.8 Å². The second-order valence-corrected chi connectivity index (χ2v) is 8.03. The predicted octanol–water partition coefficient (Wildman–Crippen LogP) is 3.32. The minimum Gasteiger partial charge on any atom is -0.493 e. The number of para-hydroxylation sites is 1. The zero-order chi connectivity index (χ0) is 23.1. The monoisotopic (exact) mass is 476 g/mol. The zero-order valence-electron chi connectivity index (χ0n) is 17.5. The fourth-order valence-corrected chi connectivity index (χ4v) is 3.96. The summed E-state index contributed by atoms with van der Waals surface area (Å²) in [5.74, 6) is 0.722. The Morgan fingerprint density at radius 3 is 2.50 bits per heavy atom. The highest BCUT2D eigenvalue weighted by molar-refractivity contribution is 8.15. The average molecular weight is 477 g/mol. The lowest BCUT2D eigenvalue weighted by Gasteiger charge is -2.21. The summed E-state index contributed by atoms with van der Waals surface area (Å²) in [6.07, 6.45) is 1.48. The molecule has 0 aliphatic carbocycles. The van der Waals surface area contributed by atoms with Crippen LogP contribution in [0.15, 0.2) is 46.6 Å². The molecule has 168 valence electrons. The number of ether oxygens (including phenoxy) is 3. The number of nitrogens with one attached hydrogen (secondary N) is 2. The van der Waals surface area contributed by atoms with E-state index in [0.29, 0.717) is 33.5 Å². The molecule has 1 heterocycles. The van der Waals surface area contributed by atoms with Crippen molar-refractivity contribution in [3.8, 4) is 17.2 Å². The Morgan fingerprint density at radius 2 is 1.88 bits per heavy atom. The van der Waals surface area contributed by atoms with Gasteiger partial charge < -0.3 is 24.8 Å². The molecule has 2 aromatic rings. The second kappa shape index (κ2) is 10.9. The number of nitrogens with zero attached hydrogens (tertiary/aromatic N) is 2. The first kappa shape index (κ1) is 23.4. The maximum atomic E-state index is 12.6. The summed E-state index contributed by atoms with van der Waals surface area (Å²) in [5.41, 5.74) is 1.12. The minimum absolute atomic E-state index is 0.0105. The first-order chi connectivity index (χ1) is 15.4. The number of hydrogen-bond acceptors (Lipinski definition) is 8. The number of amidine groups is 1. The minimum atomic E-state index is -0.671. The maximum Gasteiger partial charge on any atom is 0.238 e. The van der Waals surface area contributed by atoms with Crippen molar-refractivity contribution in [1.82, 2.24) is 5.32 Å². The van der Waals surface area contributed by atoms with Crippen molar-refractivity contribution < 1.29 is 23.8 Å². The third-order valence-corrected chi connectivity index (χ3v) is 5.74. The lowest BCUT2D eigenvalue weighted by atomic mass is 10.2. The Bertz CT molecular complexity index is 1050. The van der Waals surface area contributed by atoms with Gasteiger partial charge in [0.15, 0.2) is 16.7 Å². The van der Waals surface area contributed by atoms with Crippen LogP contribution in [0, 0.1) is 0 Å². The standard InChI is InChI=1S/C21H21ClN4O5S/c1-29-15-8-12(9-16(30-2)19(15)31-3)11-23-26-21-25-18(27)10-17(32-21)20(28)24-14-7-5-4-6-13(14)22/h4-9,11,17H,10H2,1-3H3,(H,24,28)(H,25,26,27)/b23-11-/t17-/m1/s1. The van der Waals surface area contributed by atoms with Gasteiger partial charge in [0.1, 0.15) is 5.25 Å². The van der Waals surface area contributed by atoms with Crippen LogP contribution in [0.3, 0.4) is 0 Å². The largest absolute Gasteiger partial charge is 0.493 e. The number of halogens is 1. The summed E-state index contributed by atoms with van der Waals surface area (Å²) in [5, 5.41) is 13.4.